The van der Waals surface area contributed by atoms with E-state index in [1.165, 1.54) is 6.20 Å². The van der Waals surface area contributed by atoms with E-state index in [4.69, 9.17) is 5.26 Å². The van der Waals surface area contributed by atoms with Gasteiger partial charge in [0.1, 0.15) is 29.0 Å². The number of halogens is 2. The van der Waals surface area contributed by atoms with E-state index in [2.05, 4.69) is 15.5 Å². The third-order valence-electron chi connectivity index (χ3n) is 2.32. The van der Waals surface area contributed by atoms with E-state index >= 15 is 0 Å². The molecule has 0 radical (unpaired) electrons. The fourth-order valence-electron chi connectivity index (χ4n) is 1.50. The van der Waals surface area contributed by atoms with E-state index in [1.54, 1.807) is 6.07 Å². The highest BCUT2D eigenvalue weighted by molar-refractivity contribution is 5.77. The van der Waals surface area contributed by atoms with Crippen LogP contribution in [0.1, 0.15) is 5.56 Å². The molecule has 0 aliphatic rings. The summed E-state index contributed by atoms with van der Waals surface area (Å²) in [6.07, 6.45) is 2.25. The Balaban J connectivity index is 2.52. The standard InChI is InChI=1S/C12H6F2N4O/c13-7-3-8(6-16-5-7)17-12-9(4-15)10(14)1-2-11(12)18-19/h1-3,5-6,17H. The quantitative estimate of drug-likeness (QED) is 0.858. The number of nitrogens with one attached hydrogen (secondary N) is 1. The normalized spacial score (nSPS) is 9.74. The van der Waals surface area contributed by atoms with Crippen LogP contribution in [0.4, 0.5) is 25.8 Å². The van der Waals surface area contributed by atoms with Gasteiger partial charge in [0.15, 0.2) is 0 Å². The van der Waals surface area contributed by atoms with Gasteiger partial charge in [-0.3, -0.25) is 4.98 Å². The van der Waals surface area contributed by atoms with E-state index in [9.17, 15) is 13.7 Å². The largest absolute Gasteiger partial charge is 0.351 e. The summed E-state index contributed by atoms with van der Waals surface area (Å²) in [7, 11) is 0. The van der Waals surface area contributed by atoms with Crippen LogP contribution in [0.5, 0.6) is 0 Å². The molecule has 0 unspecified atom stereocenters. The van der Waals surface area contributed by atoms with Crippen LogP contribution in [0.3, 0.4) is 0 Å². The zero-order valence-electron chi connectivity index (χ0n) is 9.39. The molecule has 1 N–H and O–H groups in total. The van der Waals surface area contributed by atoms with E-state index in [0.29, 0.717) is 0 Å². The number of nitroso groups, excluding NO2 is 1. The van der Waals surface area contributed by atoms with Crippen LogP contribution in [-0.2, 0) is 0 Å². The Morgan fingerprint density at radius 3 is 2.74 bits per heavy atom. The number of rotatable bonds is 3. The van der Waals surface area contributed by atoms with Crippen molar-refractivity contribution in [2.75, 3.05) is 5.32 Å². The third kappa shape index (κ3) is 2.52. The molecule has 0 saturated heterocycles. The van der Waals surface area contributed by atoms with E-state index in [0.717, 1.165) is 24.4 Å². The summed E-state index contributed by atoms with van der Waals surface area (Å²) >= 11 is 0. The second kappa shape index (κ2) is 5.18. The number of nitriles is 1. The zero-order valence-corrected chi connectivity index (χ0v) is 9.39. The number of anilines is 2. The van der Waals surface area contributed by atoms with Crippen molar-refractivity contribution in [2.24, 2.45) is 5.18 Å². The molecule has 0 aliphatic heterocycles. The molecule has 0 amide bonds. The minimum atomic E-state index is -0.804. The Morgan fingerprint density at radius 2 is 2.11 bits per heavy atom. The highest BCUT2D eigenvalue weighted by Gasteiger charge is 2.14. The fourth-order valence-corrected chi connectivity index (χ4v) is 1.50. The van der Waals surface area contributed by atoms with Crippen LogP contribution in [0.25, 0.3) is 0 Å². The summed E-state index contributed by atoms with van der Waals surface area (Å²) in [4.78, 5) is 14.2. The maximum atomic E-state index is 13.5. The van der Waals surface area contributed by atoms with Crippen molar-refractivity contribution >= 4 is 17.1 Å². The van der Waals surface area contributed by atoms with Crippen molar-refractivity contribution in [1.82, 2.24) is 4.98 Å². The van der Waals surface area contributed by atoms with Crippen molar-refractivity contribution in [1.29, 1.82) is 5.26 Å². The average molecular weight is 260 g/mol. The molecule has 0 fully saturated rings. The van der Waals surface area contributed by atoms with Crippen LogP contribution in [0, 0.1) is 27.9 Å². The molecule has 5 nitrogen and oxygen atoms in total. The lowest BCUT2D eigenvalue weighted by Crippen LogP contribution is -1.98. The second-order valence-corrected chi connectivity index (χ2v) is 3.54. The third-order valence-corrected chi connectivity index (χ3v) is 2.32. The predicted molar refractivity (Wildman–Crippen MR) is 64.0 cm³/mol. The van der Waals surface area contributed by atoms with Crippen LogP contribution in [0.15, 0.2) is 35.8 Å². The molecule has 0 bridgehead atoms. The van der Waals surface area contributed by atoms with Gasteiger partial charge in [0, 0.05) is 6.07 Å². The van der Waals surface area contributed by atoms with Gasteiger partial charge >= 0.3 is 0 Å². The van der Waals surface area contributed by atoms with Crippen LogP contribution in [0.2, 0.25) is 0 Å². The van der Waals surface area contributed by atoms with Gasteiger partial charge in [-0.05, 0) is 17.3 Å². The van der Waals surface area contributed by atoms with Gasteiger partial charge in [-0.25, -0.2) is 8.78 Å². The number of pyridine rings is 1. The molecule has 2 rings (SSSR count). The average Bonchev–Trinajstić information content (AvgIpc) is 2.39. The highest BCUT2D eigenvalue weighted by atomic mass is 19.1. The van der Waals surface area contributed by atoms with Crippen molar-refractivity contribution in [3.63, 3.8) is 0 Å². The molecule has 0 spiro atoms. The summed E-state index contributed by atoms with van der Waals surface area (Å²) in [5.41, 5.74) is -0.472. The molecular weight excluding hydrogens is 254 g/mol. The lowest BCUT2D eigenvalue weighted by atomic mass is 10.1. The SMILES string of the molecule is N#Cc1c(F)ccc(N=O)c1Nc1cncc(F)c1. The molecular formula is C12H6F2N4O. The lowest BCUT2D eigenvalue weighted by Gasteiger charge is -2.09. The molecule has 0 atom stereocenters. The van der Waals surface area contributed by atoms with E-state index < -0.39 is 11.6 Å². The first kappa shape index (κ1) is 12.6. The Kier molecular flexibility index (Phi) is 3.43. The molecule has 7 heteroatoms. The first-order valence-electron chi connectivity index (χ1n) is 5.09. The molecule has 94 valence electrons. The first-order valence-corrected chi connectivity index (χ1v) is 5.09. The summed E-state index contributed by atoms with van der Waals surface area (Å²) in [6.45, 7) is 0. The smallest absolute Gasteiger partial charge is 0.143 e. The van der Waals surface area contributed by atoms with E-state index in [-0.39, 0.29) is 22.6 Å². The Bertz CT molecular complexity index is 682. The van der Waals surface area contributed by atoms with Crippen LogP contribution in [-0.4, -0.2) is 4.98 Å². The second-order valence-electron chi connectivity index (χ2n) is 3.54. The van der Waals surface area contributed by atoms with Crippen LogP contribution >= 0.6 is 0 Å². The van der Waals surface area contributed by atoms with Gasteiger partial charge in [-0.1, -0.05) is 0 Å². The Hall–Kier alpha value is -2.88. The lowest BCUT2D eigenvalue weighted by molar-refractivity contribution is 0.622. The van der Waals surface area contributed by atoms with Crippen molar-refractivity contribution in [2.45, 2.75) is 0 Å². The summed E-state index contributed by atoms with van der Waals surface area (Å²) in [6, 6.07) is 4.80. The molecule has 1 heterocycles. The first-order chi connectivity index (χ1) is 9.15. The van der Waals surface area contributed by atoms with Crippen LogP contribution < -0.4 is 5.32 Å². The summed E-state index contributed by atoms with van der Waals surface area (Å²) < 4.78 is 26.4. The number of hydrogen-bond donors (Lipinski definition) is 1. The summed E-state index contributed by atoms with van der Waals surface area (Å²) in [5, 5.41) is 14.1. The van der Waals surface area contributed by atoms with Gasteiger partial charge in [-0.15, -0.1) is 4.91 Å². The predicted octanol–water partition coefficient (Wildman–Crippen LogP) is 3.37. The molecule has 19 heavy (non-hydrogen) atoms. The fraction of sp³-hybridized carbons (Fsp3) is 0. The van der Waals surface area contributed by atoms with Gasteiger partial charge in [0.2, 0.25) is 0 Å². The Labute approximate surface area is 106 Å². The summed E-state index contributed by atoms with van der Waals surface area (Å²) in [5.74, 6) is -1.41. The van der Waals surface area contributed by atoms with Gasteiger partial charge in [0.25, 0.3) is 0 Å². The molecule has 0 saturated carbocycles. The molecule has 1 aromatic carbocycles. The van der Waals surface area contributed by atoms with Gasteiger partial charge < -0.3 is 5.32 Å². The maximum Gasteiger partial charge on any atom is 0.143 e. The topological polar surface area (TPSA) is 78.1 Å². The maximum absolute atomic E-state index is 13.5. The number of nitrogens with zero attached hydrogens (tertiary/aromatic N) is 3. The Morgan fingerprint density at radius 1 is 1.32 bits per heavy atom. The van der Waals surface area contributed by atoms with Crippen molar-refractivity contribution in [3.05, 3.63) is 52.7 Å². The number of hydrogen-bond acceptors (Lipinski definition) is 5. The minimum absolute atomic E-state index is 0.120. The zero-order chi connectivity index (χ0) is 13.8. The monoisotopic (exact) mass is 260 g/mol. The molecule has 2 aromatic rings. The van der Waals surface area contributed by atoms with E-state index in [1.807, 2.05) is 0 Å². The number of benzene rings is 1. The molecule has 0 aliphatic carbocycles. The minimum Gasteiger partial charge on any atom is -0.351 e. The van der Waals surface area contributed by atoms with Crippen molar-refractivity contribution < 1.29 is 8.78 Å². The van der Waals surface area contributed by atoms with Gasteiger partial charge in [0.05, 0.1) is 23.8 Å². The number of aromatic nitrogens is 1. The van der Waals surface area contributed by atoms with Crippen molar-refractivity contribution in [3.8, 4) is 6.07 Å². The molecule has 1 aromatic heterocycles. The highest BCUT2D eigenvalue weighted by Crippen LogP contribution is 2.32. The van der Waals surface area contributed by atoms with Gasteiger partial charge in [-0.2, -0.15) is 5.26 Å².